The molecule has 0 bridgehead atoms. The van der Waals surface area contributed by atoms with Crippen molar-refractivity contribution in [3.8, 4) is 0 Å². The number of halogens is 1. The van der Waals surface area contributed by atoms with Crippen molar-refractivity contribution in [1.82, 2.24) is 20.1 Å². The molecule has 1 heterocycles. The fourth-order valence-electron chi connectivity index (χ4n) is 2.61. The fourth-order valence-corrected chi connectivity index (χ4v) is 3.75. The van der Waals surface area contributed by atoms with E-state index in [1.807, 2.05) is 29.7 Å². The lowest BCUT2D eigenvalue weighted by Gasteiger charge is -2.09. The number of nitrogens with zero attached hydrogens (tertiary/aromatic N) is 3. The van der Waals surface area contributed by atoms with Gasteiger partial charge in [0.1, 0.15) is 0 Å². The maximum Gasteiger partial charge on any atom is 0.253 e. The number of aromatic nitrogens is 3. The summed E-state index contributed by atoms with van der Waals surface area (Å²) < 4.78 is 1.88. The van der Waals surface area contributed by atoms with Crippen molar-refractivity contribution in [2.24, 2.45) is 0 Å². The SMILES string of the molecule is CCn1c(CNC(=O)c2ccccc2Cl)nnc1SCC(=O)c1ccccc1. The van der Waals surface area contributed by atoms with E-state index in [1.54, 1.807) is 36.4 Å². The van der Waals surface area contributed by atoms with E-state index in [9.17, 15) is 9.59 Å². The Hall–Kier alpha value is -2.64. The number of hydrogen-bond donors (Lipinski definition) is 1. The number of carbonyl (C=O) groups excluding carboxylic acids is 2. The van der Waals surface area contributed by atoms with E-state index in [4.69, 9.17) is 11.6 Å². The molecule has 0 atom stereocenters. The molecule has 8 heteroatoms. The molecule has 0 radical (unpaired) electrons. The quantitative estimate of drug-likeness (QED) is 0.447. The van der Waals surface area contributed by atoms with Crippen LogP contribution in [0, 0.1) is 0 Å². The third-order valence-electron chi connectivity index (χ3n) is 4.06. The zero-order chi connectivity index (χ0) is 19.9. The van der Waals surface area contributed by atoms with Crippen LogP contribution in [0.3, 0.4) is 0 Å². The van der Waals surface area contributed by atoms with Gasteiger partial charge in [-0.3, -0.25) is 9.59 Å². The highest BCUT2D eigenvalue weighted by atomic mass is 35.5. The molecule has 3 rings (SSSR count). The molecule has 0 saturated carbocycles. The summed E-state index contributed by atoms with van der Waals surface area (Å²) in [6.07, 6.45) is 0. The predicted molar refractivity (Wildman–Crippen MR) is 110 cm³/mol. The second-order valence-electron chi connectivity index (χ2n) is 5.88. The van der Waals surface area contributed by atoms with Crippen molar-refractivity contribution in [3.63, 3.8) is 0 Å². The standard InChI is InChI=1S/C20H19ClN4O2S/c1-2-25-18(12-22-19(27)15-10-6-7-11-16(15)21)23-24-20(25)28-13-17(26)14-8-4-3-5-9-14/h3-11H,2,12-13H2,1H3,(H,22,27). The number of amides is 1. The minimum atomic E-state index is -0.273. The average Bonchev–Trinajstić information content (AvgIpc) is 3.13. The summed E-state index contributed by atoms with van der Waals surface area (Å²) in [5.74, 6) is 0.654. The molecule has 144 valence electrons. The van der Waals surface area contributed by atoms with Gasteiger partial charge in [0.25, 0.3) is 5.91 Å². The molecule has 0 unspecified atom stereocenters. The predicted octanol–water partition coefficient (Wildman–Crippen LogP) is 3.86. The fraction of sp³-hybridized carbons (Fsp3) is 0.200. The van der Waals surface area contributed by atoms with E-state index >= 15 is 0 Å². The van der Waals surface area contributed by atoms with Crippen LogP contribution in [0.4, 0.5) is 0 Å². The molecule has 2 aromatic carbocycles. The van der Waals surface area contributed by atoms with E-state index in [-0.39, 0.29) is 24.0 Å². The Kier molecular flexibility index (Phi) is 6.84. The van der Waals surface area contributed by atoms with Crippen LogP contribution in [-0.2, 0) is 13.1 Å². The molecular formula is C20H19ClN4O2S. The Bertz CT molecular complexity index is 975. The third kappa shape index (κ3) is 4.79. The van der Waals surface area contributed by atoms with Gasteiger partial charge in [-0.2, -0.15) is 0 Å². The maximum absolute atomic E-state index is 12.3. The van der Waals surface area contributed by atoms with Gasteiger partial charge >= 0.3 is 0 Å². The van der Waals surface area contributed by atoms with Crippen molar-refractivity contribution in [2.75, 3.05) is 5.75 Å². The summed E-state index contributed by atoms with van der Waals surface area (Å²) in [5.41, 5.74) is 1.08. The van der Waals surface area contributed by atoms with Gasteiger partial charge in [0.2, 0.25) is 0 Å². The first kappa shape index (κ1) is 20.1. The maximum atomic E-state index is 12.3. The largest absolute Gasteiger partial charge is 0.345 e. The normalized spacial score (nSPS) is 10.6. The third-order valence-corrected chi connectivity index (χ3v) is 5.36. The van der Waals surface area contributed by atoms with Crippen molar-refractivity contribution in [3.05, 3.63) is 76.6 Å². The van der Waals surface area contributed by atoms with Gasteiger partial charge in [-0.15, -0.1) is 10.2 Å². The second kappa shape index (κ2) is 9.52. The number of benzene rings is 2. The Morgan fingerprint density at radius 1 is 1.07 bits per heavy atom. The summed E-state index contributed by atoms with van der Waals surface area (Å²) in [7, 11) is 0. The van der Waals surface area contributed by atoms with E-state index in [2.05, 4.69) is 15.5 Å². The molecule has 1 N–H and O–H groups in total. The lowest BCUT2D eigenvalue weighted by molar-refractivity contribution is 0.0948. The molecule has 1 amide bonds. The highest BCUT2D eigenvalue weighted by Crippen LogP contribution is 2.19. The van der Waals surface area contributed by atoms with E-state index in [1.165, 1.54) is 11.8 Å². The molecule has 0 aliphatic rings. The first-order valence-corrected chi connectivity index (χ1v) is 10.1. The molecule has 0 aliphatic carbocycles. The zero-order valence-electron chi connectivity index (χ0n) is 15.3. The van der Waals surface area contributed by atoms with E-state index in [0.717, 1.165) is 0 Å². The Labute approximate surface area is 172 Å². The van der Waals surface area contributed by atoms with Crippen LogP contribution in [0.15, 0.2) is 59.8 Å². The Balaban J connectivity index is 1.63. The monoisotopic (exact) mass is 414 g/mol. The van der Waals surface area contributed by atoms with Gasteiger partial charge in [-0.25, -0.2) is 0 Å². The lowest BCUT2D eigenvalue weighted by atomic mass is 10.2. The lowest BCUT2D eigenvalue weighted by Crippen LogP contribution is -2.25. The van der Waals surface area contributed by atoms with Crippen LogP contribution in [0.1, 0.15) is 33.5 Å². The van der Waals surface area contributed by atoms with Crippen molar-refractivity contribution in [2.45, 2.75) is 25.2 Å². The van der Waals surface area contributed by atoms with Crippen LogP contribution >= 0.6 is 23.4 Å². The van der Waals surface area contributed by atoms with Crippen molar-refractivity contribution < 1.29 is 9.59 Å². The molecule has 0 saturated heterocycles. The smallest absolute Gasteiger partial charge is 0.253 e. The number of rotatable bonds is 8. The van der Waals surface area contributed by atoms with Crippen LogP contribution in [0.25, 0.3) is 0 Å². The number of Topliss-reactive ketones (excluding diaryl/α,β-unsaturated/α-hetero) is 1. The van der Waals surface area contributed by atoms with Crippen molar-refractivity contribution >= 4 is 35.1 Å². The molecule has 28 heavy (non-hydrogen) atoms. The number of thioether (sulfide) groups is 1. The van der Waals surface area contributed by atoms with Gasteiger partial charge in [0.15, 0.2) is 16.8 Å². The van der Waals surface area contributed by atoms with Gasteiger partial charge < -0.3 is 9.88 Å². The molecule has 0 aliphatic heterocycles. The topological polar surface area (TPSA) is 76.9 Å². The number of ketones is 1. The van der Waals surface area contributed by atoms with Crippen LogP contribution in [0.5, 0.6) is 0 Å². The van der Waals surface area contributed by atoms with E-state index in [0.29, 0.717) is 33.7 Å². The summed E-state index contributed by atoms with van der Waals surface area (Å²) in [6.45, 7) is 2.82. The van der Waals surface area contributed by atoms with Gasteiger partial charge in [0.05, 0.1) is 22.9 Å². The minimum Gasteiger partial charge on any atom is -0.345 e. The molecule has 3 aromatic rings. The van der Waals surface area contributed by atoms with Crippen LogP contribution in [0.2, 0.25) is 5.02 Å². The number of carbonyl (C=O) groups is 2. The minimum absolute atomic E-state index is 0.0322. The number of hydrogen-bond acceptors (Lipinski definition) is 5. The zero-order valence-corrected chi connectivity index (χ0v) is 16.8. The van der Waals surface area contributed by atoms with Gasteiger partial charge in [-0.05, 0) is 19.1 Å². The summed E-state index contributed by atoms with van der Waals surface area (Å²) in [6, 6.07) is 16.0. The summed E-state index contributed by atoms with van der Waals surface area (Å²) in [5, 5.41) is 12.2. The molecule has 6 nitrogen and oxygen atoms in total. The Morgan fingerprint density at radius 2 is 1.79 bits per heavy atom. The first-order valence-electron chi connectivity index (χ1n) is 8.76. The average molecular weight is 415 g/mol. The van der Waals surface area contributed by atoms with Gasteiger partial charge in [0, 0.05) is 12.1 Å². The first-order chi connectivity index (χ1) is 13.6. The molecule has 0 fully saturated rings. The molecule has 1 aromatic heterocycles. The summed E-state index contributed by atoms with van der Waals surface area (Å²) in [4.78, 5) is 24.6. The highest BCUT2D eigenvalue weighted by molar-refractivity contribution is 7.99. The van der Waals surface area contributed by atoms with Gasteiger partial charge in [-0.1, -0.05) is 65.8 Å². The number of nitrogens with one attached hydrogen (secondary N) is 1. The molecular weight excluding hydrogens is 396 g/mol. The highest BCUT2D eigenvalue weighted by Gasteiger charge is 2.15. The van der Waals surface area contributed by atoms with Crippen LogP contribution < -0.4 is 5.32 Å². The Morgan fingerprint density at radius 3 is 2.50 bits per heavy atom. The second-order valence-corrected chi connectivity index (χ2v) is 7.23. The van der Waals surface area contributed by atoms with Crippen molar-refractivity contribution in [1.29, 1.82) is 0 Å². The van der Waals surface area contributed by atoms with Crippen LogP contribution in [-0.4, -0.2) is 32.2 Å². The molecule has 0 spiro atoms. The summed E-state index contributed by atoms with van der Waals surface area (Å²) >= 11 is 7.39. The van der Waals surface area contributed by atoms with E-state index < -0.39 is 0 Å².